The van der Waals surface area contributed by atoms with Crippen molar-refractivity contribution in [1.29, 1.82) is 0 Å². The molecular weight excluding hydrogens is 320 g/mol. The number of benzene rings is 1. The summed E-state index contributed by atoms with van der Waals surface area (Å²) in [6.45, 7) is 2.47. The fourth-order valence-electron chi connectivity index (χ4n) is 1.51. The summed E-state index contributed by atoms with van der Waals surface area (Å²) in [5.41, 5.74) is 3.07. The fraction of sp³-hybridized carbons (Fsp3) is 0.417. The number of hydrazine groups is 1. The van der Waals surface area contributed by atoms with Gasteiger partial charge in [-0.1, -0.05) is 27.5 Å². The molecule has 0 bridgehead atoms. The molecule has 0 saturated heterocycles. The van der Waals surface area contributed by atoms with Crippen molar-refractivity contribution in [1.82, 2.24) is 5.43 Å². The van der Waals surface area contributed by atoms with Crippen LogP contribution in [0.1, 0.15) is 24.8 Å². The Kier molecular flexibility index (Phi) is 6.46. The van der Waals surface area contributed by atoms with Gasteiger partial charge in [-0.3, -0.25) is 10.2 Å². The third-order valence-electron chi connectivity index (χ3n) is 2.40. The van der Waals surface area contributed by atoms with E-state index < -0.39 is 0 Å². The maximum atomic E-state index is 10.9. The third kappa shape index (κ3) is 4.84. The molecule has 1 aromatic carbocycles. The van der Waals surface area contributed by atoms with Crippen LogP contribution in [0.3, 0.4) is 0 Å². The standard InChI is InChI=1S/C12H16BrClN2O2/c1-8-6-9(13)7-10(14)12(8)18-5-3-2-4-11(17)16-15/h6-7H,2-5,15H2,1H3,(H,16,17). The molecule has 0 spiro atoms. The van der Waals surface area contributed by atoms with Crippen LogP contribution in [0.4, 0.5) is 0 Å². The number of carbonyl (C=O) groups excluding carboxylic acids is 1. The highest BCUT2D eigenvalue weighted by Gasteiger charge is 2.07. The number of rotatable bonds is 6. The van der Waals surface area contributed by atoms with E-state index in [1.54, 1.807) is 6.07 Å². The van der Waals surface area contributed by atoms with Gasteiger partial charge in [-0.25, -0.2) is 5.84 Å². The van der Waals surface area contributed by atoms with Crippen molar-refractivity contribution in [3.8, 4) is 5.75 Å². The van der Waals surface area contributed by atoms with E-state index in [0.29, 0.717) is 23.8 Å². The van der Waals surface area contributed by atoms with Crippen molar-refractivity contribution >= 4 is 33.4 Å². The normalized spacial score (nSPS) is 10.2. The first-order valence-corrected chi connectivity index (χ1v) is 6.79. The maximum absolute atomic E-state index is 10.9. The summed E-state index contributed by atoms with van der Waals surface area (Å²) < 4.78 is 6.55. The zero-order valence-corrected chi connectivity index (χ0v) is 12.5. The molecule has 1 rings (SSSR count). The molecule has 0 aliphatic rings. The first-order valence-electron chi connectivity index (χ1n) is 5.62. The van der Waals surface area contributed by atoms with E-state index in [2.05, 4.69) is 21.4 Å². The van der Waals surface area contributed by atoms with Crippen molar-refractivity contribution < 1.29 is 9.53 Å². The number of hydrogen-bond acceptors (Lipinski definition) is 3. The minimum atomic E-state index is -0.159. The second-order valence-electron chi connectivity index (χ2n) is 3.91. The van der Waals surface area contributed by atoms with Gasteiger partial charge in [0.05, 0.1) is 11.6 Å². The lowest BCUT2D eigenvalue weighted by Gasteiger charge is -2.11. The Hall–Kier alpha value is -0.780. The van der Waals surface area contributed by atoms with E-state index in [1.807, 2.05) is 13.0 Å². The van der Waals surface area contributed by atoms with Crippen molar-refractivity contribution in [3.63, 3.8) is 0 Å². The number of ether oxygens (including phenoxy) is 1. The predicted octanol–water partition coefficient (Wildman–Crippen LogP) is 2.95. The van der Waals surface area contributed by atoms with Crippen LogP contribution >= 0.6 is 27.5 Å². The van der Waals surface area contributed by atoms with E-state index in [-0.39, 0.29) is 5.91 Å². The van der Waals surface area contributed by atoms with Gasteiger partial charge in [-0.2, -0.15) is 0 Å². The average molecular weight is 336 g/mol. The minimum absolute atomic E-state index is 0.159. The first-order chi connectivity index (χ1) is 8.54. The van der Waals surface area contributed by atoms with Gasteiger partial charge in [-0.05, 0) is 37.5 Å². The Morgan fingerprint density at radius 2 is 2.22 bits per heavy atom. The zero-order chi connectivity index (χ0) is 13.5. The third-order valence-corrected chi connectivity index (χ3v) is 3.14. The molecule has 4 nitrogen and oxygen atoms in total. The van der Waals surface area contributed by atoms with Crippen LogP contribution in [0, 0.1) is 6.92 Å². The van der Waals surface area contributed by atoms with Crippen LogP contribution in [0.5, 0.6) is 5.75 Å². The predicted molar refractivity (Wildman–Crippen MR) is 75.6 cm³/mol. The van der Waals surface area contributed by atoms with Crippen LogP contribution in [-0.4, -0.2) is 12.5 Å². The lowest BCUT2D eigenvalue weighted by molar-refractivity contribution is -0.121. The maximum Gasteiger partial charge on any atom is 0.233 e. The van der Waals surface area contributed by atoms with Gasteiger partial charge in [0, 0.05) is 10.9 Å². The van der Waals surface area contributed by atoms with Gasteiger partial charge < -0.3 is 4.74 Å². The molecule has 0 saturated carbocycles. The van der Waals surface area contributed by atoms with Gasteiger partial charge in [0.25, 0.3) is 0 Å². The van der Waals surface area contributed by atoms with Gasteiger partial charge in [0.2, 0.25) is 5.91 Å². The molecular formula is C12H16BrClN2O2. The second kappa shape index (κ2) is 7.61. The summed E-state index contributed by atoms with van der Waals surface area (Å²) in [7, 11) is 0. The van der Waals surface area contributed by atoms with Crippen molar-refractivity contribution in [2.24, 2.45) is 5.84 Å². The van der Waals surface area contributed by atoms with Crippen molar-refractivity contribution in [2.45, 2.75) is 26.2 Å². The molecule has 1 aromatic rings. The summed E-state index contributed by atoms with van der Waals surface area (Å²) in [5, 5.41) is 0.585. The highest BCUT2D eigenvalue weighted by atomic mass is 79.9. The van der Waals surface area contributed by atoms with E-state index in [1.165, 1.54) is 0 Å². The molecule has 0 aromatic heterocycles. The topological polar surface area (TPSA) is 64.3 Å². The van der Waals surface area contributed by atoms with Crippen LogP contribution in [0.15, 0.2) is 16.6 Å². The number of nitrogens with two attached hydrogens (primary N) is 1. The number of nitrogens with one attached hydrogen (secondary N) is 1. The van der Waals surface area contributed by atoms with Crippen molar-refractivity contribution in [2.75, 3.05) is 6.61 Å². The number of hydrogen-bond donors (Lipinski definition) is 2. The molecule has 0 aliphatic carbocycles. The van der Waals surface area contributed by atoms with Crippen LogP contribution in [0.25, 0.3) is 0 Å². The molecule has 1 amide bonds. The largest absolute Gasteiger partial charge is 0.492 e. The summed E-state index contributed by atoms with van der Waals surface area (Å²) in [4.78, 5) is 10.9. The molecule has 18 heavy (non-hydrogen) atoms. The lowest BCUT2D eigenvalue weighted by Crippen LogP contribution is -2.29. The first kappa shape index (κ1) is 15.3. The summed E-state index contributed by atoms with van der Waals surface area (Å²) in [6.07, 6.45) is 1.92. The minimum Gasteiger partial charge on any atom is -0.492 e. The molecule has 0 unspecified atom stereocenters. The van der Waals surface area contributed by atoms with Gasteiger partial charge >= 0.3 is 0 Å². The van der Waals surface area contributed by atoms with Crippen LogP contribution in [0.2, 0.25) is 5.02 Å². The molecule has 0 fully saturated rings. The van der Waals surface area contributed by atoms with E-state index >= 15 is 0 Å². The quantitative estimate of drug-likeness (QED) is 0.363. The number of halogens is 2. The molecule has 6 heteroatoms. The molecule has 0 radical (unpaired) electrons. The monoisotopic (exact) mass is 334 g/mol. The molecule has 0 heterocycles. The Morgan fingerprint density at radius 3 is 2.83 bits per heavy atom. The SMILES string of the molecule is Cc1cc(Br)cc(Cl)c1OCCCCC(=O)NN. The lowest BCUT2D eigenvalue weighted by atomic mass is 10.2. The summed E-state index contributed by atoms with van der Waals surface area (Å²) >= 11 is 9.45. The zero-order valence-electron chi connectivity index (χ0n) is 10.1. The molecule has 0 aliphatic heterocycles. The Balaban J connectivity index is 2.38. The highest BCUT2D eigenvalue weighted by molar-refractivity contribution is 9.10. The van der Waals surface area contributed by atoms with Crippen molar-refractivity contribution in [3.05, 3.63) is 27.2 Å². The molecule has 3 N–H and O–H groups in total. The molecule has 100 valence electrons. The number of carbonyl (C=O) groups is 1. The van der Waals surface area contributed by atoms with Gasteiger partial charge in [0.15, 0.2) is 0 Å². The number of aryl methyl sites for hydroxylation is 1. The van der Waals surface area contributed by atoms with Crippen LogP contribution < -0.4 is 16.0 Å². The van der Waals surface area contributed by atoms with Gasteiger partial charge in [-0.15, -0.1) is 0 Å². The Morgan fingerprint density at radius 1 is 1.50 bits per heavy atom. The molecule has 0 atom stereocenters. The van der Waals surface area contributed by atoms with Crippen LogP contribution in [-0.2, 0) is 4.79 Å². The van der Waals surface area contributed by atoms with E-state index in [4.69, 9.17) is 22.2 Å². The number of unbranched alkanes of at least 4 members (excludes halogenated alkanes) is 1. The number of amides is 1. The van der Waals surface area contributed by atoms with Gasteiger partial charge in [0.1, 0.15) is 5.75 Å². The Labute approximate surface area is 120 Å². The second-order valence-corrected chi connectivity index (χ2v) is 5.23. The Bertz CT molecular complexity index is 404. The van der Waals surface area contributed by atoms with E-state index in [0.717, 1.165) is 22.9 Å². The smallest absolute Gasteiger partial charge is 0.233 e. The van der Waals surface area contributed by atoms with E-state index in [9.17, 15) is 4.79 Å². The highest BCUT2D eigenvalue weighted by Crippen LogP contribution is 2.32. The fourth-order valence-corrected chi connectivity index (χ4v) is 2.53. The summed E-state index contributed by atoms with van der Waals surface area (Å²) in [6, 6.07) is 3.74. The average Bonchev–Trinajstić information content (AvgIpc) is 2.31. The summed E-state index contributed by atoms with van der Waals surface area (Å²) in [5.74, 6) is 5.52.